The third-order valence-corrected chi connectivity index (χ3v) is 17.5. The minimum atomic E-state index is 0.318. The zero-order chi connectivity index (χ0) is 67.1. The van der Waals surface area contributed by atoms with E-state index in [0.29, 0.717) is 118 Å². The van der Waals surface area contributed by atoms with Crippen LogP contribution in [-0.2, 0) is 0 Å². The van der Waals surface area contributed by atoms with Crippen LogP contribution in [0.3, 0.4) is 0 Å². The summed E-state index contributed by atoms with van der Waals surface area (Å²) in [6.45, 7) is 0. The van der Waals surface area contributed by atoms with Crippen LogP contribution in [0.4, 0.5) is 0 Å². The van der Waals surface area contributed by atoms with Gasteiger partial charge in [-0.15, -0.1) is 0 Å². The average Bonchev–Trinajstić information content (AvgIpc) is 1.56. The fourth-order valence-electron chi connectivity index (χ4n) is 13.0. The molecule has 14 heteroatoms. The van der Waals surface area contributed by atoms with Crippen LogP contribution in [0, 0.1) is 102 Å². The van der Waals surface area contributed by atoms with Gasteiger partial charge in [-0.05, 0) is 196 Å². The Kier molecular flexibility index (Phi) is 14.7. The van der Waals surface area contributed by atoms with E-state index in [-0.39, 0.29) is 0 Å². The molecule has 15 aromatic rings. The first-order valence-electron chi connectivity index (χ1n) is 30.6. The molecule has 0 saturated carbocycles. The molecule has 0 aliphatic rings. The van der Waals surface area contributed by atoms with Gasteiger partial charge in [0.1, 0.15) is 0 Å². The van der Waals surface area contributed by atoms with Crippen LogP contribution in [0.25, 0.3) is 145 Å². The van der Waals surface area contributed by atoms with Crippen molar-refractivity contribution in [1.82, 2.24) is 24.1 Å². The van der Waals surface area contributed by atoms with Crippen LogP contribution in [0.1, 0.15) is 50.1 Å². The Labute approximate surface area is 560 Å². The molecule has 0 radical (unpaired) electrons. The smallest absolute Gasteiger partial charge is 0.164 e. The molecule has 98 heavy (non-hydrogen) atoms. The molecule has 0 bridgehead atoms. The zero-order valence-corrected chi connectivity index (χ0v) is 51.4. The molecule has 0 fully saturated rings. The van der Waals surface area contributed by atoms with Crippen LogP contribution in [-0.4, -0.2) is 24.1 Å². The molecule has 3 aromatic heterocycles. The first-order chi connectivity index (χ1) is 48.0. The van der Waals surface area contributed by atoms with E-state index in [0.717, 1.165) is 77.0 Å². The summed E-state index contributed by atoms with van der Waals surface area (Å²) in [5.41, 5.74) is 16.3. The summed E-state index contributed by atoms with van der Waals surface area (Å²) >= 11 is 0. The molecule has 0 saturated heterocycles. The number of fused-ring (bicyclic) bond motifs is 6. The maximum atomic E-state index is 11.0. The first kappa shape index (κ1) is 59.0. The standard InChI is InChI=1S/C84H40N14/c85-41-50-11-17-70(81(35-50)98-79-20-14-63(68-31-55(46-90)25-56(32-68)47-91)38-74(79)75-39-64(15-21-80(75)98)69-33-57(48-92)26-58(34-69)49-93)71-40-65(84-95-82(59-7-3-1-4-8-59)94-83(96-84)60-9-5-2-6-10-60)16-22-76(71)97-77-18-12-61(66-27-51(42-86)23-52(28-66)43-87)36-72(77)73-37-62(13-19-78(73)97)67-29-53(44-88)24-54(30-67)45-89/h1-40H. The fourth-order valence-corrected chi connectivity index (χ4v) is 13.0. The molecule has 446 valence electrons. The van der Waals surface area contributed by atoms with Crippen molar-refractivity contribution < 1.29 is 0 Å². The highest BCUT2D eigenvalue weighted by Crippen LogP contribution is 2.46. The number of nitriles is 9. The fraction of sp³-hybridized carbons (Fsp3) is 0. The lowest BCUT2D eigenvalue weighted by atomic mass is 9.96. The van der Waals surface area contributed by atoms with E-state index in [9.17, 15) is 47.4 Å². The van der Waals surface area contributed by atoms with Crippen molar-refractivity contribution in [1.29, 1.82) is 47.4 Å². The van der Waals surface area contributed by atoms with Gasteiger partial charge in [-0.3, -0.25) is 0 Å². The largest absolute Gasteiger partial charge is 0.309 e. The van der Waals surface area contributed by atoms with Gasteiger partial charge in [-0.2, -0.15) is 47.4 Å². The van der Waals surface area contributed by atoms with E-state index < -0.39 is 0 Å². The average molecular weight is 1250 g/mol. The third-order valence-electron chi connectivity index (χ3n) is 17.5. The number of rotatable bonds is 10. The highest BCUT2D eigenvalue weighted by molar-refractivity contribution is 6.14. The molecule has 14 nitrogen and oxygen atoms in total. The molecule has 12 aromatic carbocycles. The number of hydrogen-bond acceptors (Lipinski definition) is 12. The number of nitrogens with zero attached hydrogens (tertiary/aromatic N) is 14. The van der Waals surface area contributed by atoms with Gasteiger partial charge in [0.05, 0.1) is 138 Å². The van der Waals surface area contributed by atoms with E-state index in [1.807, 2.05) is 158 Å². The lowest BCUT2D eigenvalue weighted by molar-refractivity contribution is 1.07. The number of benzene rings is 12. The van der Waals surface area contributed by atoms with Gasteiger partial charge < -0.3 is 9.13 Å². The molecule has 0 atom stereocenters. The molecule has 3 heterocycles. The SMILES string of the molecule is N#Cc1cc(C#N)cc(-c2ccc3c(c2)c2cc(-c4cc(C#N)cc(C#N)c4)ccc2n3-c2ccc(-c3nc(-c4ccccc4)nc(-c4ccccc4)n3)cc2-c2ccc(C#N)cc2-n2c3ccc(-c4cc(C#N)cc(C#N)c4)cc3c3cc(-c4cc(C#N)cc(C#N)c4)ccc32)c1. The number of hydrogen-bond donors (Lipinski definition) is 0. The second kappa shape index (κ2) is 24.4. The van der Waals surface area contributed by atoms with Crippen molar-refractivity contribution in [2.45, 2.75) is 0 Å². The summed E-state index contributed by atoms with van der Waals surface area (Å²) in [4.78, 5) is 15.5. The summed E-state index contributed by atoms with van der Waals surface area (Å²) in [5.74, 6) is 1.28. The van der Waals surface area contributed by atoms with Crippen molar-refractivity contribution in [2.75, 3.05) is 0 Å². The lowest BCUT2D eigenvalue weighted by Crippen LogP contribution is -2.04. The minimum absolute atomic E-state index is 0.318. The van der Waals surface area contributed by atoms with E-state index in [1.54, 1.807) is 78.9 Å². The Morgan fingerprint density at radius 2 is 0.500 bits per heavy atom. The molecule has 0 amide bonds. The van der Waals surface area contributed by atoms with E-state index >= 15 is 0 Å². The summed E-state index contributed by atoms with van der Waals surface area (Å²) < 4.78 is 4.30. The summed E-state index contributed by atoms with van der Waals surface area (Å²) in [7, 11) is 0. The Morgan fingerprint density at radius 1 is 0.204 bits per heavy atom. The van der Waals surface area contributed by atoms with Crippen molar-refractivity contribution in [3.05, 3.63) is 293 Å². The Hall–Kier alpha value is -15.3. The lowest BCUT2D eigenvalue weighted by Gasteiger charge is -2.20. The monoisotopic (exact) mass is 1240 g/mol. The van der Waals surface area contributed by atoms with E-state index in [2.05, 4.69) is 69.8 Å². The van der Waals surface area contributed by atoms with Crippen LogP contribution < -0.4 is 0 Å². The molecule has 0 N–H and O–H groups in total. The normalized spacial score (nSPS) is 10.8. The zero-order valence-electron chi connectivity index (χ0n) is 51.4. The van der Waals surface area contributed by atoms with Gasteiger partial charge in [0.25, 0.3) is 0 Å². The van der Waals surface area contributed by atoms with Crippen molar-refractivity contribution in [3.8, 4) is 156 Å². The van der Waals surface area contributed by atoms with Gasteiger partial charge in [0, 0.05) is 49.4 Å². The van der Waals surface area contributed by atoms with Crippen molar-refractivity contribution >= 4 is 43.6 Å². The van der Waals surface area contributed by atoms with Gasteiger partial charge in [0.2, 0.25) is 0 Å². The molecule has 15 rings (SSSR count). The van der Waals surface area contributed by atoms with Crippen molar-refractivity contribution in [2.24, 2.45) is 0 Å². The number of aromatic nitrogens is 5. The van der Waals surface area contributed by atoms with Crippen LogP contribution in [0.15, 0.2) is 243 Å². The quantitative estimate of drug-likeness (QED) is 0.124. The topological polar surface area (TPSA) is 263 Å². The Bertz CT molecular complexity index is 5920. The molecule has 0 spiro atoms. The van der Waals surface area contributed by atoms with E-state index in [1.165, 1.54) is 0 Å². The second-order valence-electron chi connectivity index (χ2n) is 23.3. The summed E-state index contributed by atoms with van der Waals surface area (Å²) in [6.07, 6.45) is 0. The minimum Gasteiger partial charge on any atom is -0.309 e. The molecular formula is C84H40N14. The van der Waals surface area contributed by atoms with Crippen LogP contribution >= 0.6 is 0 Å². The third kappa shape index (κ3) is 10.5. The van der Waals surface area contributed by atoms with Crippen LogP contribution in [0.5, 0.6) is 0 Å². The van der Waals surface area contributed by atoms with Gasteiger partial charge >= 0.3 is 0 Å². The Balaban J connectivity index is 1.05. The second-order valence-corrected chi connectivity index (χ2v) is 23.3. The van der Waals surface area contributed by atoms with Gasteiger partial charge in [0.15, 0.2) is 17.5 Å². The molecule has 0 aliphatic heterocycles. The maximum Gasteiger partial charge on any atom is 0.164 e. The molecule has 0 aliphatic carbocycles. The maximum absolute atomic E-state index is 11.0. The van der Waals surface area contributed by atoms with Crippen molar-refractivity contribution in [3.63, 3.8) is 0 Å². The highest BCUT2D eigenvalue weighted by Gasteiger charge is 2.25. The van der Waals surface area contributed by atoms with E-state index in [4.69, 9.17) is 15.0 Å². The predicted octanol–water partition coefficient (Wildman–Crippen LogP) is 18.2. The Morgan fingerprint density at radius 3 is 0.816 bits per heavy atom. The van der Waals surface area contributed by atoms with Crippen LogP contribution in [0.2, 0.25) is 0 Å². The molecular weight excluding hydrogens is 1210 g/mol. The summed E-state index contributed by atoms with van der Waals surface area (Å²) in [6, 6.07) is 95.3. The van der Waals surface area contributed by atoms with Gasteiger partial charge in [-0.1, -0.05) is 91.0 Å². The predicted molar refractivity (Wildman–Crippen MR) is 374 cm³/mol. The first-order valence-corrected chi connectivity index (χ1v) is 30.6. The molecule has 0 unspecified atom stereocenters. The van der Waals surface area contributed by atoms with Gasteiger partial charge in [-0.25, -0.2) is 15.0 Å². The highest BCUT2D eigenvalue weighted by atomic mass is 15.0. The summed E-state index contributed by atoms with van der Waals surface area (Å²) in [5, 5.41) is 95.3.